The summed E-state index contributed by atoms with van der Waals surface area (Å²) in [4.78, 5) is 18.5. The van der Waals surface area contributed by atoms with Gasteiger partial charge in [-0.3, -0.25) is 9.69 Å². The Morgan fingerprint density at radius 2 is 2.16 bits per heavy atom. The molecule has 1 fully saturated rings. The fourth-order valence-electron chi connectivity index (χ4n) is 3.96. The molecule has 3 rings (SSSR count). The zero-order valence-corrected chi connectivity index (χ0v) is 15.6. The molecule has 0 aliphatic carbocycles. The lowest BCUT2D eigenvalue weighted by molar-refractivity contribution is -0.120. The zero-order valence-electron chi connectivity index (χ0n) is 15.6. The maximum Gasteiger partial charge on any atom is 0.224 e. The van der Waals surface area contributed by atoms with Gasteiger partial charge in [-0.05, 0) is 50.9 Å². The molecule has 25 heavy (non-hydrogen) atoms. The maximum atomic E-state index is 12.5. The van der Waals surface area contributed by atoms with Crippen LogP contribution < -0.4 is 5.32 Å². The molecular formula is C21H31N3O. The number of amides is 1. The van der Waals surface area contributed by atoms with Crippen LogP contribution in [0.1, 0.15) is 50.3 Å². The van der Waals surface area contributed by atoms with E-state index in [1.807, 2.05) is 12.1 Å². The van der Waals surface area contributed by atoms with Crippen LogP contribution >= 0.6 is 0 Å². The molecule has 0 saturated carbocycles. The summed E-state index contributed by atoms with van der Waals surface area (Å²) in [5.74, 6) is 0.133. The average Bonchev–Trinajstić information content (AvgIpc) is 2.94. The number of fused-ring (bicyclic) bond motifs is 1. The van der Waals surface area contributed by atoms with E-state index < -0.39 is 0 Å². The van der Waals surface area contributed by atoms with Crippen LogP contribution in [-0.4, -0.2) is 41.5 Å². The van der Waals surface area contributed by atoms with Crippen molar-refractivity contribution in [2.75, 3.05) is 19.6 Å². The van der Waals surface area contributed by atoms with Crippen molar-refractivity contribution in [3.63, 3.8) is 0 Å². The maximum absolute atomic E-state index is 12.5. The van der Waals surface area contributed by atoms with E-state index in [4.69, 9.17) is 0 Å². The number of rotatable bonds is 7. The Hall–Kier alpha value is -1.81. The molecule has 2 aromatic rings. The third-order valence-electron chi connectivity index (χ3n) is 5.45. The minimum absolute atomic E-state index is 0.133. The molecule has 1 amide bonds. The SMILES string of the molecule is CCCCN1CCCCC1CNC(=O)Cc1c(C)[nH]c2ccccc12. The number of aromatic nitrogens is 1. The third kappa shape index (κ3) is 4.43. The summed E-state index contributed by atoms with van der Waals surface area (Å²) in [5, 5.41) is 4.36. The topological polar surface area (TPSA) is 48.1 Å². The second-order valence-electron chi connectivity index (χ2n) is 7.29. The number of carbonyl (C=O) groups is 1. The molecule has 0 spiro atoms. The van der Waals surface area contributed by atoms with Gasteiger partial charge in [0, 0.05) is 29.2 Å². The molecule has 0 bridgehead atoms. The quantitative estimate of drug-likeness (QED) is 0.805. The lowest BCUT2D eigenvalue weighted by atomic mass is 10.0. The van der Waals surface area contributed by atoms with Crippen molar-refractivity contribution in [3.05, 3.63) is 35.5 Å². The number of nitrogens with zero attached hydrogens (tertiary/aromatic N) is 1. The van der Waals surface area contributed by atoms with Gasteiger partial charge in [0.1, 0.15) is 0 Å². The van der Waals surface area contributed by atoms with E-state index in [2.05, 4.69) is 41.2 Å². The first-order chi connectivity index (χ1) is 12.2. The highest BCUT2D eigenvalue weighted by atomic mass is 16.1. The number of H-pyrrole nitrogens is 1. The molecule has 1 saturated heterocycles. The number of likely N-dealkylation sites (tertiary alicyclic amines) is 1. The van der Waals surface area contributed by atoms with Crippen LogP contribution in [-0.2, 0) is 11.2 Å². The summed E-state index contributed by atoms with van der Waals surface area (Å²) in [7, 11) is 0. The van der Waals surface area contributed by atoms with Gasteiger partial charge in [0.25, 0.3) is 0 Å². The van der Waals surface area contributed by atoms with Gasteiger partial charge in [0.15, 0.2) is 0 Å². The van der Waals surface area contributed by atoms with Crippen LogP contribution in [0.3, 0.4) is 0 Å². The number of unbranched alkanes of at least 4 members (excludes halogenated alkanes) is 1. The van der Waals surface area contributed by atoms with Gasteiger partial charge in [-0.15, -0.1) is 0 Å². The van der Waals surface area contributed by atoms with Crippen LogP contribution in [0.5, 0.6) is 0 Å². The molecule has 4 nitrogen and oxygen atoms in total. The summed E-state index contributed by atoms with van der Waals surface area (Å²) in [5.41, 5.74) is 3.33. The molecule has 1 aromatic heterocycles. The minimum atomic E-state index is 0.133. The van der Waals surface area contributed by atoms with Crippen molar-refractivity contribution in [3.8, 4) is 0 Å². The van der Waals surface area contributed by atoms with Crippen molar-refractivity contribution in [2.45, 2.75) is 58.4 Å². The zero-order chi connectivity index (χ0) is 17.6. The van der Waals surface area contributed by atoms with Crippen molar-refractivity contribution < 1.29 is 4.79 Å². The van der Waals surface area contributed by atoms with E-state index in [0.717, 1.165) is 28.7 Å². The second kappa shape index (κ2) is 8.52. The van der Waals surface area contributed by atoms with E-state index in [0.29, 0.717) is 12.5 Å². The molecule has 1 atom stereocenters. The monoisotopic (exact) mass is 341 g/mol. The standard InChI is InChI=1S/C21H31N3O/c1-3-4-12-24-13-8-7-9-17(24)15-22-21(25)14-19-16(2)23-20-11-6-5-10-18(19)20/h5-6,10-11,17,23H,3-4,7-9,12-15H2,1-2H3,(H,22,25). The number of hydrogen-bond acceptors (Lipinski definition) is 2. The van der Waals surface area contributed by atoms with Gasteiger partial charge < -0.3 is 10.3 Å². The molecule has 1 aliphatic rings. The Labute approximate surface area is 151 Å². The highest BCUT2D eigenvalue weighted by molar-refractivity contribution is 5.90. The molecule has 2 N–H and O–H groups in total. The van der Waals surface area contributed by atoms with Gasteiger partial charge in [-0.25, -0.2) is 0 Å². The largest absolute Gasteiger partial charge is 0.358 e. The lowest BCUT2D eigenvalue weighted by Gasteiger charge is -2.35. The average molecular weight is 341 g/mol. The van der Waals surface area contributed by atoms with Crippen LogP contribution in [0.25, 0.3) is 10.9 Å². The number of carbonyl (C=O) groups excluding carboxylic acids is 1. The number of benzene rings is 1. The number of hydrogen-bond donors (Lipinski definition) is 2. The first-order valence-corrected chi connectivity index (χ1v) is 9.76. The molecule has 1 unspecified atom stereocenters. The number of piperidine rings is 1. The van der Waals surface area contributed by atoms with E-state index in [1.54, 1.807) is 0 Å². The normalized spacial score (nSPS) is 18.6. The molecule has 2 heterocycles. The number of aryl methyl sites for hydroxylation is 1. The Bertz CT molecular complexity index is 706. The Balaban J connectivity index is 1.57. The molecule has 1 aliphatic heterocycles. The van der Waals surface area contributed by atoms with Crippen LogP contribution in [0.15, 0.2) is 24.3 Å². The highest BCUT2D eigenvalue weighted by Gasteiger charge is 2.22. The predicted octanol–water partition coefficient (Wildman–Crippen LogP) is 3.79. The van der Waals surface area contributed by atoms with Gasteiger partial charge in [-0.2, -0.15) is 0 Å². The Morgan fingerprint density at radius 1 is 1.32 bits per heavy atom. The molecular weight excluding hydrogens is 310 g/mol. The summed E-state index contributed by atoms with van der Waals surface area (Å²) in [6, 6.07) is 8.72. The van der Waals surface area contributed by atoms with Gasteiger partial charge >= 0.3 is 0 Å². The van der Waals surface area contributed by atoms with Crippen LogP contribution in [0.2, 0.25) is 0 Å². The Kier molecular flexibility index (Phi) is 6.14. The third-order valence-corrected chi connectivity index (χ3v) is 5.45. The predicted molar refractivity (Wildman–Crippen MR) is 104 cm³/mol. The summed E-state index contributed by atoms with van der Waals surface area (Å²) >= 11 is 0. The van der Waals surface area contributed by atoms with E-state index in [9.17, 15) is 4.79 Å². The van der Waals surface area contributed by atoms with Crippen LogP contribution in [0.4, 0.5) is 0 Å². The van der Waals surface area contributed by atoms with E-state index in [-0.39, 0.29) is 5.91 Å². The number of nitrogens with one attached hydrogen (secondary N) is 2. The fourth-order valence-corrected chi connectivity index (χ4v) is 3.96. The number of aromatic amines is 1. The summed E-state index contributed by atoms with van der Waals surface area (Å²) < 4.78 is 0. The fraction of sp³-hybridized carbons (Fsp3) is 0.571. The highest BCUT2D eigenvalue weighted by Crippen LogP contribution is 2.22. The first kappa shape index (κ1) is 18.0. The minimum Gasteiger partial charge on any atom is -0.358 e. The second-order valence-corrected chi connectivity index (χ2v) is 7.29. The van der Waals surface area contributed by atoms with Gasteiger partial charge in [-0.1, -0.05) is 38.0 Å². The first-order valence-electron chi connectivity index (χ1n) is 9.76. The van der Waals surface area contributed by atoms with E-state index in [1.165, 1.54) is 45.2 Å². The van der Waals surface area contributed by atoms with Crippen molar-refractivity contribution in [2.24, 2.45) is 0 Å². The van der Waals surface area contributed by atoms with E-state index >= 15 is 0 Å². The number of para-hydroxylation sites is 1. The lowest BCUT2D eigenvalue weighted by Crippen LogP contribution is -2.47. The van der Waals surface area contributed by atoms with Crippen LogP contribution in [0, 0.1) is 6.92 Å². The van der Waals surface area contributed by atoms with Crippen molar-refractivity contribution >= 4 is 16.8 Å². The summed E-state index contributed by atoms with van der Waals surface area (Å²) in [6.45, 7) is 7.42. The molecule has 136 valence electrons. The molecule has 1 aromatic carbocycles. The van der Waals surface area contributed by atoms with Gasteiger partial charge in [0.05, 0.1) is 6.42 Å². The smallest absolute Gasteiger partial charge is 0.224 e. The summed E-state index contributed by atoms with van der Waals surface area (Å²) in [6.07, 6.45) is 6.72. The molecule has 4 heteroatoms. The van der Waals surface area contributed by atoms with Gasteiger partial charge in [0.2, 0.25) is 5.91 Å². The van der Waals surface area contributed by atoms with Crippen molar-refractivity contribution in [1.82, 2.24) is 15.2 Å². The van der Waals surface area contributed by atoms with Crippen molar-refractivity contribution in [1.29, 1.82) is 0 Å². The molecule has 0 radical (unpaired) electrons. The Morgan fingerprint density at radius 3 is 3.00 bits per heavy atom.